The van der Waals surface area contributed by atoms with Crippen LogP contribution < -0.4 is 15.5 Å². The van der Waals surface area contributed by atoms with Crippen LogP contribution in [0.4, 0.5) is 5.69 Å². The van der Waals surface area contributed by atoms with Crippen molar-refractivity contribution in [3.05, 3.63) is 70.5 Å². The quantitative estimate of drug-likeness (QED) is 0.458. The molecule has 2 N–H and O–H groups in total. The van der Waals surface area contributed by atoms with Crippen LogP contribution in [0, 0.1) is 13.8 Å². The first-order chi connectivity index (χ1) is 14.0. The van der Waals surface area contributed by atoms with Crippen molar-refractivity contribution in [2.75, 3.05) is 19.0 Å². The molecular formula is C21H22ClN5O2. The minimum Gasteiger partial charge on any atom is -0.495 e. The molecule has 0 aliphatic heterocycles. The molecular weight excluding hydrogens is 390 g/mol. The van der Waals surface area contributed by atoms with Gasteiger partial charge in [0.2, 0.25) is 0 Å². The number of amides is 1. The van der Waals surface area contributed by atoms with Gasteiger partial charge in [-0.1, -0.05) is 41.4 Å². The molecule has 2 aromatic carbocycles. The van der Waals surface area contributed by atoms with Crippen LogP contribution in [-0.4, -0.2) is 35.6 Å². The zero-order chi connectivity index (χ0) is 20.8. The molecule has 0 aliphatic carbocycles. The van der Waals surface area contributed by atoms with Gasteiger partial charge in [-0.3, -0.25) is 4.79 Å². The Morgan fingerprint density at radius 3 is 2.66 bits per heavy atom. The van der Waals surface area contributed by atoms with Gasteiger partial charge < -0.3 is 10.1 Å². The molecule has 1 amide bonds. The van der Waals surface area contributed by atoms with Crippen LogP contribution in [0.1, 0.15) is 16.8 Å². The molecule has 3 aromatic rings. The summed E-state index contributed by atoms with van der Waals surface area (Å²) in [6, 6.07) is 15.2. The molecule has 8 heteroatoms. The minimum atomic E-state index is -0.299. The molecule has 0 unspecified atom stereocenters. The number of benzene rings is 2. The van der Waals surface area contributed by atoms with Crippen LogP contribution in [-0.2, 0) is 4.79 Å². The molecule has 29 heavy (non-hydrogen) atoms. The van der Waals surface area contributed by atoms with Crippen LogP contribution in [0.15, 0.2) is 53.6 Å². The van der Waals surface area contributed by atoms with Crippen LogP contribution in [0.25, 0.3) is 5.69 Å². The number of aryl methyl sites for hydroxylation is 2. The summed E-state index contributed by atoms with van der Waals surface area (Å²) >= 11 is 6.46. The summed E-state index contributed by atoms with van der Waals surface area (Å²) < 4.78 is 6.88. The highest BCUT2D eigenvalue weighted by atomic mass is 35.5. The number of hydrogen-bond donors (Lipinski definition) is 2. The molecule has 0 bridgehead atoms. The third-order valence-electron chi connectivity index (χ3n) is 4.26. The van der Waals surface area contributed by atoms with E-state index in [1.165, 1.54) is 6.21 Å². The standard InChI is InChI=1S/C21H22ClN5O2/c1-14-8-10-16(11-9-14)27-21(22)17(15(2)26-27)12-24-25-20(28)13-23-18-6-4-5-7-19(18)29-3/h4-12,23H,13H2,1-3H3,(H,25,28). The van der Waals surface area contributed by atoms with Crippen molar-refractivity contribution in [1.29, 1.82) is 0 Å². The Balaban J connectivity index is 1.63. The number of para-hydroxylation sites is 2. The van der Waals surface area contributed by atoms with Crippen LogP contribution >= 0.6 is 11.6 Å². The number of hydrogen-bond acceptors (Lipinski definition) is 5. The Morgan fingerprint density at radius 1 is 1.21 bits per heavy atom. The topological polar surface area (TPSA) is 80.5 Å². The largest absolute Gasteiger partial charge is 0.495 e. The number of rotatable bonds is 7. The highest BCUT2D eigenvalue weighted by Gasteiger charge is 2.13. The van der Waals surface area contributed by atoms with E-state index in [0.29, 0.717) is 22.2 Å². The molecule has 0 aliphatic rings. The van der Waals surface area contributed by atoms with Gasteiger partial charge in [-0.2, -0.15) is 10.2 Å². The lowest BCUT2D eigenvalue weighted by Gasteiger charge is -2.09. The number of nitrogens with one attached hydrogen (secondary N) is 2. The third kappa shape index (κ3) is 4.94. The smallest absolute Gasteiger partial charge is 0.259 e. The van der Waals surface area contributed by atoms with E-state index in [4.69, 9.17) is 16.3 Å². The maximum Gasteiger partial charge on any atom is 0.259 e. The lowest BCUT2D eigenvalue weighted by Crippen LogP contribution is -2.26. The van der Waals surface area contributed by atoms with Gasteiger partial charge in [0.25, 0.3) is 5.91 Å². The van der Waals surface area contributed by atoms with Gasteiger partial charge >= 0.3 is 0 Å². The van der Waals surface area contributed by atoms with Crippen molar-refractivity contribution >= 4 is 29.4 Å². The number of hydrazone groups is 1. The molecule has 0 spiro atoms. The summed E-state index contributed by atoms with van der Waals surface area (Å²) in [6.07, 6.45) is 1.50. The van der Waals surface area contributed by atoms with E-state index in [-0.39, 0.29) is 12.5 Å². The molecule has 150 valence electrons. The fourth-order valence-corrected chi connectivity index (χ4v) is 3.01. The lowest BCUT2D eigenvalue weighted by molar-refractivity contribution is -0.119. The Hall–Kier alpha value is -3.32. The maximum absolute atomic E-state index is 12.1. The molecule has 0 radical (unpaired) electrons. The molecule has 0 atom stereocenters. The van der Waals surface area contributed by atoms with Gasteiger partial charge in [0.05, 0.1) is 42.5 Å². The number of aromatic nitrogens is 2. The summed E-state index contributed by atoms with van der Waals surface area (Å²) in [5.74, 6) is 0.363. The van der Waals surface area contributed by atoms with Gasteiger partial charge in [0, 0.05) is 0 Å². The zero-order valence-corrected chi connectivity index (χ0v) is 17.2. The van der Waals surface area contributed by atoms with Crippen molar-refractivity contribution in [1.82, 2.24) is 15.2 Å². The van der Waals surface area contributed by atoms with E-state index in [9.17, 15) is 4.79 Å². The molecule has 7 nitrogen and oxygen atoms in total. The Labute approximate surface area is 174 Å². The van der Waals surface area contributed by atoms with Crippen molar-refractivity contribution in [3.8, 4) is 11.4 Å². The first kappa shape index (κ1) is 20.4. The molecule has 3 rings (SSSR count). The van der Waals surface area contributed by atoms with Gasteiger partial charge in [0.1, 0.15) is 10.9 Å². The van der Waals surface area contributed by atoms with E-state index >= 15 is 0 Å². The summed E-state index contributed by atoms with van der Waals surface area (Å²) in [7, 11) is 1.58. The summed E-state index contributed by atoms with van der Waals surface area (Å²) in [4.78, 5) is 12.1. The van der Waals surface area contributed by atoms with Gasteiger partial charge in [-0.05, 0) is 38.1 Å². The number of nitrogens with zero attached hydrogens (tertiary/aromatic N) is 3. The van der Waals surface area contributed by atoms with Crippen LogP contribution in [0.5, 0.6) is 5.75 Å². The number of carbonyl (C=O) groups excluding carboxylic acids is 1. The summed E-state index contributed by atoms with van der Waals surface area (Å²) in [6.45, 7) is 3.90. The van der Waals surface area contributed by atoms with Crippen molar-refractivity contribution in [2.24, 2.45) is 5.10 Å². The predicted octanol–water partition coefficient (Wildman–Crippen LogP) is 3.71. The molecule has 1 aromatic heterocycles. The number of anilines is 1. The monoisotopic (exact) mass is 411 g/mol. The normalized spacial score (nSPS) is 10.9. The SMILES string of the molecule is COc1ccccc1NCC(=O)NN=Cc1c(C)nn(-c2ccc(C)cc2)c1Cl. The fraction of sp³-hybridized carbons (Fsp3) is 0.190. The van der Waals surface area contributed by atoms with Gasteiger partial charge in [-0.15, -0.1) is 0 Å². The van der Waals surface area contributed by atoms with E-state index < -0.39 is 0 Å². The average Bonchev–Trinajstić information content (AvgIpc) is 3.01. The molecule has 0 fully saturated rings. The van der Waals surface area contributed by atoms with E-state index in [1.807, 2.05) is 62.4 Å². The van der Waals surface area contributed by atoms with E-state index in [0.717, 1.165) is 16.9 Å². The first-order valence-electron chi connectivity index (χ1n) is 9.00. The molecule has 0 saturated carbocycles. The Kier molecular flexibility index (Phi) is 6.51. The second-order valence-corrected chi connectivity index (χ2v) is 6.74. The summed E-state index contributed by atoms with van der Waals surface area (Å²) in [5, 5.41) is 11.9. The predicted molar refractivity (Wildman–Crippen MR) is 115 cm³/mol. The summed E-state index contributed by atoms with van der Waals surface area (Å²) in [5.41, 5.74) is 6.57. The van der Waals surface area contributed by atoms with E-state index in [2.05, 4.69) is 20.9 Å². The zero-order valence-electron chi connectivity index (χ0n) is 16.4. The second-order valence-electron chi connectivity index (χ2n) is 6.38. The Morgan fingerprint density at radius 2 is 1.93 bits per heavy atom. The fourth-order valence-electron chi connectivity index (χ4n) is 2.69. The number of carbonyl (C=O) groups is 1. The van der Waals surface area contributed by atoms with Gasteiger partial charge in [0.15, 0.2) is 0 Å². The molecule has 0 saturated heterocycles. The third-order valence-corrected chi connectivity index (χ3v) is 4.62. The van der Waals surface area contributed by atoms with Crippen LogP contribution in [0.2, 0.25) is 5.15 Å². The van der Waals surface area contributed by atoms with Crippen molar-refractivity contribution in [3.63, 3.8) is 0 Å². The van der Waals surface area contributed by atoms with Crippen LogP contribution in [0.3, 0.4) is 0 Å². The highest BCUT2D eigenvalue weighted by molar-refractivity contribution is 6.32. The maximum atomic E-state index is 12.1. The van der Waals surface area contributed by atoms with Gasteiger partial charge in [-0.25, -0.2) is 10.1 Å². The molecule has 1 heterocycles. The first-order valence-corrected chi connectivity index (χ1v) is 9.38. The average molecular weight is 412 g/mol. The second kappa shape index (κ2) is 9.25. The van der Waals surface area contributed by atoms with E-state index in [1.54, 1.807) is 11.8 Å². The van der Waals surface area contributed by atoms with Crippen molar-refractivity contribution in [2.45, 2.75) is 13.8 Å². The minimum absolute atomic E-state index is 0.0487. The lowest BCUT2D eigenvalue weighted by atomic mass is 10.2. The van der Waals surface area contributed by atoms with Crippen molar-refractivity contribution < 1.29 is 9.53 Å². The number of ether oxygens (including phenoxy) is 1. The number of methoxy groups -OCH3 is 1. The Bertz CT molecular complexity index is 1030. The number of halogens is 1. The highest BCUT2D eigenvalue weighted by Crippen LogP contribution is 2.23.